The van der Waals surface area contributed by atoms with Gasteiger partial charge in [0.25, 0.3) is 0 Å². The van der Waals surface area contributed by atoms with Crippen LogP contribution in [0.2, 0.25) is 24.2 Å². The van der Waals surface area contributed by atoms with E-state index in [9.17, 15) is 0 Å². The largest absolute Gasteiger partial charge is 0.500 e. The van der Waals surface area contributed by atoms with Crippen molar-refractivity contribution < 1.29 is 53.1 Å². The summed E-state index contributed by atoms with van der Waals surface area (Å²) in [5, 5.41) is 0. The summed E-state index contributed by atoms with van der Waals surface area (Å²) < 4.78 is 74.0. The van der Waals surface area contributed by atoms with Gasteiger partial charge >= 0.3 is 35.2 Å². The number of rotatable bonds is 62. The van der Waals surface area contributed by atoms with Gasteiger partial charge in [0.2, 0.25) is 0 Å². The summed E-state index contributed by atoms with van der Waals surface area (Å²) in [5.74, 6) is 4.66. The molecule has 0 aliphatic carbocycles. The third-order valence-electron chi connectivity index (χ3n) is 10.9. The summed E-state index contributed by atoms with van der Waals surface area (Å²) in [7, 11) is 20.5. The average Bonchev–Trinajstić information content (AvgIpc) is 3.40. The highest BCUT2D eigenvalue weighted by Crippen LogP contribution is 2.75. The summed E-state index contributed by atoms with van der Waals surface area (Å²) in [4.78, 5) is 0. The van der Waals surface area contributed by atoms with Gasteiger partial charge in [-0.1, -0.05) is 87.1 Å². The van der Waals surface area contributed by atoms with E-state index in [0.29, 0.717) is 85.2 Å². The molecule has 0 amide bonds. The molecule has 0 fully saturated rings. The van der Waals surface area contributed by atoms with Gasteiger partial charge in [-0.05, 0) is 239 Å². The van der Waals surface area contributed by atoms with Crippen molar-refractivity contribution in [3.05, 3.63) is 0 Å². The first kappa shape index (κ1) is 84.0. The summed E-state index contributed by atoms with van der Waals surface area (Å²) >= 11 is 0. The van der Waals surface area contributed by atoms with Gasteiger partial charge in [0, 0.05) is 126 Å². The maximum absolute atomic E-state index is 6.20. The van der Waals surface area contributed by atoms with E-state index in [1.165, 1.54) is 19.3 Å². The Morgan fingerprint density at radius 3 is 0.769 bits per heavy atom. The first-order valence-electron chi connectivity index (χ1n) is 28.0. The second-order valence-corrected chi connectivity index (χ2v) is 53.4. The minimum atomic E-state index is -2.70. The Bertz CT molecular complexity index is 1190. The molecule has 0 aromatic rings. The van der Waals surface area contributed by atoms with Gasteiger partial charge in [-0.25, -0.2) is 0 Å². The molecule has 0 rings (SSSR count). The fraction of sp³-hybridized carbons (Fsp3) is 1.00. The maximum atomic E-state index is 6.20. The van der Waals surface area contributed by atoms with Crippen LogP contribution < -0.4 is 0 Å². The molecule has 12 nitrogen and oxygen atoms in total. The Balaban J connectivity index is 6.86. The van der Waals surface area contributed by atoms with Crippen LogP contribution in [0.15, 0.2) is 0 Å². The van der Waals surface area contributed by atoms with E-state index in [4.69, 9.17) is 53.1 Å². The van der Waals surface area contributed by atoms with Crippen molar-refractivity contribution in [2.24, 2.45) is 5.92 Å². The molecule has 470 valence electrons. The Labute approximate surface area is 542 Å². The van der Waals surface area contributed by atoms with Gasteiger partial charge in [-0.3, -0.25) is 0 Å². The Morgan fingerprint density at radius 2 is 0.551 bits per heavy atom. The SMILES string of the molecule is CCO[Si](CCCSSSSC(C)(CCCC(C)CC)C(SSSSCCC[Si](OCC)(OCC)OCC)(SSSSCCC[Si](OCC)(OCC)OCC)SSSSCCC[Si](OCC)(OCC)OCC)(OCC)OCC. The van der Waals surface area contributed by atoms with E-state index in [1.54, 1.807) is 0 Å². The molecule has 2 atom stereocenters. The van der Waals surface area contributed by atoms with Gasteiger partial charge in [-0.2, -0.15) is 0 Å². The number of hydrogen-bond donors (Lipinski definition) is 0. The van der Waals surface area contributed by atoms with Crippen LogP contribution in [0.25, 0.3) is 0 Å². The average molecular weight is 1470 g/mol. The van der Waals surface area contributed by atoms with E-state index in [1.807, 2.05) is 205 Å². The second-order valence-electron chi connectivity index (χ2n) is 16.7. The fourth-order valence-corrected chi connectivity index (χ4v) is 54.0. The van der Waals surface area contributed by atoms with Gasteiger partial charge in [0.1, 0.15) is 0 Å². The quantitative estimate of drug-likeness (QED) is 0.0249. The highest BCUT2D eigenvalue weighted by atomic mass is 33.7. The Hall–Kier alpha value is 5.99. The molecule has 0 saturated carbocycles. The molecule has 0 radical (unpaired) electrons. The molecule has 0 N–H and O–H groups in total. The summed E-state index contributed by atoms with van der Waals surface area (Å²) in [6.45, 7) is 38.9. The molecule has 0 aliphatic rings. The summed E-state index contributed by atoms with van der Waals surface area (Å²) in [6, 6.07) is 3.30. The molecule has 0 bridgehead atoms. The van der Waals surface area contributed by atoms with E-state index in [-0.39, 0.29) is 8.16 Å². The van der Waals surface area contributed by atoms with Crippen molar-refractivity contribution in [3.8, 4) is 0 Å². The minimum absolute atomic E-state index is 0.124. The lowest BCUT2D eigenvalue weighted by molar-refractivity contribution is 0.0704. The summed E-state index contributed by atoms with van der Waals surface area (Å²) in [5.41, 5.74) is 0. The van der Waals surface area contributed by atoms with Crippen LogP contribution in [0.4, 0.5) is 0 Å². The molecule has 0 aromatic carbocycles. The molecule has 2 unspecified atom stereocenters. The Morgan fingerprint density at radius 1 is 0.321 bits per heavy atom. The third-order valence-corrected chi connectivity index (χ3v) is 54.7. The van der Waals surface area contributed by atoms with Gasteiger partial charge < -0.3 is 53.1 Å². The Kier molecular flexibility index (Phi) is 58.9. The second kappa shape index (κ2) is 54.7. The van der Waals surface area contributed by atoms with Crippen LogP contribution in [0, 0.1) is 5.92 Å². The third kappa shape index (κ3) is 37.4. The predicted octanol–water partition coefficient (Wildman–Crippen LogP) is 21.1. The topological polar surface area (TPSA) is 111 Å². The van der Waals surface area contributed by atoms with E-state index < -0.39 is 35.2 Å². The van der Waals surface area contributed by atoms with Crippen LogP contribution in [-0.2, 0) is 53.1 Å². The lowest BCUT2D eigenvalue weighted by Gasteiger charge is -2.44. The van der Waals surface area contributed by atoms with E-state index in [0.717, 1.165) is 79.3 Å². The monoisotopic (exact) mass is 1470 g/mol. The van der Waals surface area contributed by atoms with Crippen LogP contribution >= 0.6 is 165 Å². The van der Waals surface area contributed by atoms with Crippen molar-refractivity contribution in [2.45, 2.75) is 188 Å². The van der Waals surface area contributed by atoms with Crippen molar-refractivity contribution in [1.82, 2.24) is 0 Å². The van der Waals surface area contributed by atoms with Crippen molar-refractivity contribution >= 4 is 200 Å². The van der Waals surface area contributed by atoms with Crippen molar-refractivity contribution in [3.63, 3.8) is 0 Å². The molecule has 78 heavy (non-hydrogen) atoms. The van der Waals surface area contributed by atoms with Crippen molar-refractivity contribution in [2.75, 3.05) is 102 Å². The van der Waals surface area contributed by atoms with E-state index in [2.05, 4.69) is 63.9 Å². The smallest absolute Gasteiger partial charge is 0.374 e. The first-order chi connectivity index (χ1) is 37.8. The summed E-state index contributed by atoms with van der Waals surface area (Å²) in [6.07, 6.45) is 8.60. The highest BCUT2D eigenvalue weighted by Gasteiger charge is 2.53. The molecular weight excluding hydrogens is 1370 g/mol. The molecule has 0 aliphatic heterocycles. The molecular formula is C46H102O12S16Si4. The van der Waals surface area contributed by atoms with Gasteiger partial charge in [0.05, 0.1) is 4.75 Å². The number of hydrogen-bond acceptors (Lipinski definition) is 28. The highest BCUT2D eigenvalue weighted by molar-refractivity contribution is 9.33. The lowest BCUT2D eigenvalue weighted by atomic mass is 9.97. The fourth-order valence-electron chi connectivity index (χ4n) is 7.42. The standard InChI is InChI=1S/C46H102O12S16Si4/c1-16-44(14)34-29-35-45(15,63-71-67-59-36-30-40-75(47-17-2,48-18-3)49-19-4)46(64-72-68-60-37-31-41-76(50-20-5,51-21-6)52-22-7,65-73-69-61-38-32-42-77(53-23-8,54-24-9)55-25-10)66-74-70-62-39-33-43-78(56-26-11,57-27-12)58-28-13/h44H,16-43H2,1-15H3. The minimum Gasteiger partial charge on any atom is -0.374 e. The normalized spacial score (nSPS) is 14.2. The molecule has 0 aromatic heterocycles. The first-order valence-corrected chi connectivity index (χ1v) is 55.7. The van der Waals surface area contributed by atoms with Gasteiger partial charge in [-0.15, -0.1) is 0 Å². The zero-order valence-corrected chi connectivity index (χ0v) is 66.9. The zero-order chi connectivity index (χ0) is 58.2. The maximum Gasteiger partial charge on any atom is 0.500 e. The predicted molar refractivity (Wildman–Crippen MR) is 386 cm³/mol. The molecule has 0 heterocycles. The molecule has 0 spiro atoms. The molecule has 0 saturated heterocycles. The van der Waals surface area contributed by atoms with Crippen LogP contribution in [-0.4, -0.2) is 146 Å². The van der Waals surface area contributed by atoms with Gasteiger partial charge in [0.15, 0.2) is 3.41 Å². The van der Waals surface area contributed by atoms with E-state index >= 15 is 0 Å². The van der Waals surface area contributed by atoms with Crippen molar-refractivity contribution in [1.29, 1.82) is 0 Å². The van der Waals surface area contributed by atoms with Crippen LogP contribution in [0.1, 0.15) is 155 Å². The zero-order valence-electron chi connectivity index (χ0n) is 49.8. The van der Waals surface area contributed by atoms with Crippen LogP contribution in [0.3, 0.4) is 0 Å². The lowest BCUT2D eigenvalue weighted by Crippen LogP contribution is -2.46. The van der Waals surface area contributed by atoms with Crippen LogP contribution in [0.5, 0.6) is 0 Å². The molecule has 32 heteroatoms.